The Labute approximate surface area is 155 Å². The van der Waals surface area contributed by atoms with E-state index in [1.54, 1.807) is 30.3 Å². The Morgan fingerprint density at radius 1 is 1.17 bits per heavy atom. The Morgan fingerprint density at radius 3 is 2.39 bits per heavy atom. The van der Waals surface area contributed by atoms with Gasteiger partial charge in [0.05, 0.1) is 5.97 Å². The zero-order chi connectivity index (χ0) is 16.1. The fraction of sp³-hybridized carbons (Fsp3) is 0.118. The molecule has 0 aliphatic carbocycles. The third-order valence-corrected chi connectivity index (χ3v) is 3.18. The summed E-state index contributed by atoms with van der Waals surface area (Å²) in [4.78, 5) is 10.7. The normalized spacial score (nSPS) is 12.4. The van der Waals surface area contributed by atoms with E-state index in [0.717, 1.165) is 12.1 Å². The second kappa shape index (κ2) is 8.93. The van der Waals surface area contributed by atoms with Crippen LogP contribution in [0.3, 0.4) is 0 Å². The van der Waals surface area contributed by atoms with Crippen molar-refractivity contribution in [2.24, 2.45) is 5.73 Å². The predicted molar refractivity (Wildman–Crippen MR) is 77.5 cm³/mol. The molecule has 0 saturated heterocycles. The quantitative estimate of drug-likeness (QED) is 0.708. The van der Waals surface area contributed by atoms with Crippen LogP contribution < -0.4 is 40.4 Å². The van der Waals surface area contributed by atoms with E-state index in [9.17, 15) is 18.7 Å². The summed E-state index contributed by atoms with van der Waals surface area (Å²) in [6.07, 6.45) is 1.50. The van der Waals surface area contributed by atoms with Crippen molar-refractivity contribution in [3.05, 3.63) is 77.4 Å². The minimum atomic E-state index is -1.39. The van der Waals surface area contributed by atoms with Crippen LogP contribution in [0.1, 0.15) is 17.5 Å². The third-order valence-electron chi connectivity index (χ3n) is 3.18. The number of hydrogen-bond donors (Lipinski definition) is 1. The number of halogens is 2. The maximum atomic E-state index is 14.0. The Kier molecular flexibility index (Phi) is 7.58. The van der Waals surface area contributed by atoms with Crippen LogP contribution in [0.4, 0.5) is 8.78 Å². The molecule has 0 aliphatic rings. The predicted octanol–water partition coefficient (Wildman–Crippen LogP) is -1.13. The molecule has 114 valence electrons. The molecule has 0 bridgehead atoms. The van der Waals surface area contributed by atoms with E-state index in [1.807, 2.05) is 0 Å². The molecule has 0 spiro atoms. The molecule has 1 atom stereocenters. The molecular weight excluding hydrogens is 311 g/mol. The number of nitrogens with two attached hydrogens (primary N) is 1. The molecule has 2 aromatic rings. The molecule has 0 amide bonds. The number of carboxylic acid groups (broad SMARTS) is 1. The summed E-state index contributed by atoms with van der Waals surface area (Å²) in [5.41, 5.74) is 6.73. The number of carboxylic acids is 1. The second-order valence-corrected chi connectivity index (χ2v) is 4.77. The molecule has 0 saturated carbocycles. The minimum Gasteiger partial charge on any atom is -0.548 e. The molecule has 0 heterocycles. The van der Waals surface area contributed by atoms with E-state index in [0.29, 0.717) is 11.1 Å². The van der Waals surface area contributed by atoms with Crippen molar-refractivity contribution in [3.8, 4) is 0 Å². The number of carbonyl (C=O) groups is 1. The summed E-state index contributed by atoms with van der Waals surface area (Å²) in [6, 6.07) is 10.9. The van der Waals surface area contributed by atoms with E-state index in [-0.39, 0.29) is 41.5 Å². The van der Waals surface area contributed by atoms with Crippen molar-refractivity contribution in [1.82, 2.24) is 0 Å². The van der Waals surface area contributed by atoms with Crippen molar-refractivity contribution in [1.29, 1.82) is 0 Å². The van der Waals surface area contributed by atoms with Crippen LogP contribution in [0, 0.1) is 11.6 Å². The zero-order valence-electron chi connectivity index (χ0n) is 12.6. The molecule has 0 aromatic heterocycles. The van der Waals surface area contributed by atoms with E-state index in [1.165, 1.54) is 12.1 Å². The average Bonchev–Trinajstić information content (AvgIpc) is 2.50. The summed E-state index contributed by atoms with van der Waals surface area (Å²) >= 11 is 0. The summed E-state index contributed by atoms with van der Waals surface area (Å²) in [7, 11) is 0. The van der Waals surface area contributed by atoms with Crippen LogP contribution >= 0.6 is 0 Å². The second-order valence-electron chi connectivity index (χ2n) is 4.77. The van der Waals surface area contributed by atoms with Crippen LogP contribution in [0.15, 0.2) is 54.6 Å². The van der Waals surface area contributed by atoms with Crippen LogP contribution in [0.5, 0.6) is 0 Å². The van der Waals surface area contributed by atoms with Gasteiger partial charge in [-0.1, -0.05) is 36.4 Å². The molecular formula is C17H14F2NNaO2. The van der Waals surface area contributed by atoms with E-state index < -0.39 is 23.6 Å². The third kappa shape index (κ3) is 5.25. The van der Waals surface area contributed by atoms with Gasteiger partial charge in [0, 0.05) is 17.7 Å². The molecule has 23 heavy (non-hydrogen) atoms. The molecule has 0 fully saturated rings. The van der Waals surface area contributed by atoms with Gasteiger partial charge < -0.3 is 15.6 Å². The maximum Gasteiger partial charge on any atom is 1.00 e. The monoisotopic (exact) mass is 325 g/mol. The molecule has 3 nitrogen and oxygen atoms in total. The number of hydrogen-bond acceptors (Lipinski definition) is 3. The average molecular weight is 325 g/mol. The van der Waals surface area contributed by atoms with E-state index in [2.05, 4.69) is 0 Å². The zero-order valence-corrected chi connectivity index (χ0v) is 14.6. The first-order valence-electron chi connectivity index (χ1n) is 6.66. The Hall–Kier alpha value is -1.53. The van der Waals surface area contributed by atoms with Gasteiger partial charge in [0.15, 0.2) is 0 Å². The van der Waals surface area contributed by atoms with Gasteiger partial charge in [0.1, 0.15) is 11.6 Å². The number of aliphatic carboxylic acids is 1. The van der Waals surface area contributed by atoms with Gasteiger partial charge in [0.2, 0.25) is 0 Å². The van der Waals surface area contributed by atoms with Gasteiger partial charge in [-0.25, -0.2) is 8.78 Å². The van der Waals surface area contributed by atoms with Crippen LogP contribution in [0.2, 0.25) is 0 Å². The first kappa shape index (κ1) is 19.5. The van der Waals surface area contributed by atoms with Crippen molar-refractivity contribution >= 4 is 11.5 Å². The van der Waals surface area contributed by atoms with Crippen molar-refractivity contribution in [2.75, 3.05) is 0 Å². The van der Waals surface area contributed by atoms with Crippen molar-refractivity contribution in [2.45, 2.75) is 12.5 Å². The Bertz CT molecular complexity index is 705. The summed E-state index contributed by atoms with van der Waals surface area (Å²) in [6.45, 7) is 0. The fourth-order valence-corrected chi connectivity index (χ4v) is 2.05. The first-order chi connectivity index (χ1) is 10.5. The topological polar surface area (TPSA) is 66.2 Å². The molecule has 2 N–H and O–H groups in total. The van der Waals surface area contributed by atoms with Gasteiger partial charge in [-0.3, -0.25) is 0 Å². The first-order valence-corrected chi connectivity index (χ1v) is 6.66. The van der Waals surface area contributed by atoms with Gasteiger partial charge in [-0.2, -0.15) is 0 Å². The molecule has 0 radical (unpaired) electrons. The molecule has 6 heteroatoms. The standard InChI is InChI=1S/C17H15F2NO2.Na/c18-12-6-7-14(15(19)10-12)13(8-9-16(20)17(21)22)11-4-2-1-3-5-11;/h1-8,10,16H,9,20H2,(H,21,22);/q;+1/p-1/b13-8-;. The Morgan fingerprint density at radius 2 is 1.83 bits per heavy atom. The van der Waals surface area contributed by atoms with Gasteiger partial charge in [-0.05, 0) is 29.7 Å². The van der Waals surface area contributed by atoms with Crippen molar-refractivity contribution < 1.29 is 48.2 Å². The molecule has 2 rings (SSSR count). The minimum absolute atomic E-state index is 0. The SMILES string of the molecule is NC(C/C=C(/c1ccccc1)c1ccc(F)cc1F)C(=O)[O-].[Na+]. The van der Waals surface area contributed by atoms with Crippen LogP contribution in [0.25, 0.3) is 5.57 Å². The van der Waals surface area contributed by atoms with Crippen LogP contribution in [-0.2, 0) is 4.79 Å². The number of carbonyl (C=O) groups excluding carboxylic acids is 1. The maximum absolute atomic E-state index is 14.0. The number of rotatable bonds is 5. The van der Waals surface area contributed by atoms with Crippen LogP contribution in [-0.4, -0.2) is 12.0 Å². The fourth-order valence-electron chi connectivity index (χ4n) is 2.05. The van der Waals surface area contributed by atoms with Gasteiger partial charge >= 0.3 is 29.6 Å². The molecule has 1 unspecified atom stereocenters. The van der Waals surface area contributed by atoms with E-state index >= 15 is 0 Å². The smallest absolute Gasteiger partial charge is 0.548 e. The molecule has 0 aliphatic heterocycles. The summed E-state index contributed by atoms with van der Waals surface area (Å²) < 4.78 is 27.1. The molecule has 2 aromatic carbocycles. The summed E-state index contributed by atoms with van der Waals surface area (Å²) in [5.74, 6) is -2.79. The largest absolute Gasteiger partial charge is 1.00 e. The van der Waals surface area contributed by atoms with Crippen molar-refractivity contribution in [3.63, 3.8) is 0 Å². The van der Waals surface area contributed by atoms with E-state index in [4.69, 9.17) is 5.73 Å². The van der Waals surface area contributed by atoms with Gasteiger partial charge in [0.25, 0.3) is 0 Å². The Balaban J connectivity index is 0.00000264. The summed E-state index contributed by atoms with van der Waals surface area (Å²) in [5, 5.41) is 10.7. The van der Waals surface area contributed by atoms with Gasteiger partial charge in [-0.15, -0.1) is 0 Å². The number of benzene rings is 2.